The highest BCUT2D eigenvalue weighted by Gasteiger charge is 2.29. The lowest BCUT2D eigenvalue weighted by atomic mass is 9.95. The number of methoxy groups -OCH3 is 1. The second kappa shape index (κ2) is 18.8. The minimum atomic E-state index is -0.220. The molecule has 2 heterocycles. The van der Waals surface area contributed by atoms with E-state index in [0.717, 1.165) is 33.8 Å². The van der Waals surface area contributed by atoms with Crippen molar-refractivity contribution in [3.63, 3.8) is 0 Å². The maximum Gasteiger partial charge on any atom is 0.258 e. The van der Waals surface area contributed by atoms with Crippen molar-refractivity contribution in [1.29, 1.82) is 0 Å². The fraction of sp³-hybridized carbons (Fsp3) is 0.410. The molecule has 2 N–H and O–H groups in total. The number of hydrogen-bond acceptors (Lipinski definition) is 8. The number of amides is 3. The Labute approximate surface area is 299 Å². The number of carbonyl (C=O) groups is 3. The number of rotatable bonds is 18. The lowest BCUT2D eigenvalue weighted by Gasteiger charge is -2.29. The summed E-state index contributed by atoms with van der Waals surface area (Å²) in [6.45, 7) is 6.95. The molecule has 1 aliphatic heterocycles. The number of nitrogens with one attached hydrogen (secondary N) is 2. The summed E-state index contributed by atoms with van der Waals surface area (Å²) >= 11 is 0. The van der Waals surface area contributed by atoms with Gasteiger partial charge in [0.1, 0.15) is 11.4 Å². The van der Waals surface area contributed by atoms with Gasteiger partial charge in [0.25, 0.3) is 5.91 Å². The standard InChI is InChI=1S/C39H48N6O6/c1-28(2)29-16-18-31(19-17-29)51-27-36(47)41-21-24-50-25-22-45-39-33-12-6-7-13-34(33)44(26-30-10-4-5-11-32(30)38(39)42-43-45)37(48)15-9-8-14-35(46)40-20-23-49-3/h4-7,10-13,16-19,28H,8-9,14-15,20-27H2,1-3H3,(H,40,46)(H,41,47). The largest absolute Gasteiger partial charge is 0.484 e. The van der Waals surface area contributed by atoms with Crippen molar-refractivity contribution in [2.75, 3.05) is 51.5 Å². The lowest BCUT2D eigenvalue weighted by molar-refractivity contribution is -0.123. The zero-order valence-corrected chi connectivity index (χ0v) is 29.7. The Bertz CT molecular complexity index is 1760. The van der Waals surface area contributed by atoms with Crippen molar-refractivity contribution in [3.05, 3.63) is 83.9 Å². The van der Waals surface area contributed by atoms with E-state index >= 15 is 0 Å². The third-order valence-corrected chi connectivity index (χ3v) is 8.69. The van der Waals surface area contributed by atoms with Gasteiger partial charge in [0.05, 0.1) is 44.3 Å². The van der Waals surface area contributed by atoms with E-state index in [1.165, 1.54) is 5.56 Å². The van der Waals surface area contributed by atoms with Gasteiger partial charge in [-0.05, 0) is 48.1 Å². The Hall–Kier alpha value is -5.07. The fourth-order valence-electron chi connectivity index (χ4n) is 5.94. The number of fused-ring (bicyclic) bond motifs is 5. The number of anilines is 1. The first-order chi connectivity index (χ1) is 24.9. The number of nitrogens with zero attached hydrogens (tertiary/aromatic N) is 4. The summed E-state index contributed by atoms with van der Waals surface area (Å²) in [6, 6.07) is 23.5. The Balaban J connectivity index is 1.18. The average Bonchev–Trinajstić information content (AvgIpc) is 3.55. The van der Waals surface area contributed by atoms with Crippen LogP contribution in [0, 0.1) is 0 Å². The van der Waals surface area contributed by atoms with Crippen molar-refractivity contribution in [3.8, 4) is 28.3 Å². The molecule has 4 aromatic rings. The SMILES string of the molecule is COCCNC(=O)CCCCC(=O)N1Cc2ccccc2-c2nnn(CCOCCNC(=O)COc3ccc(C(C)C)cc3)c2-c2ccccc21. The van der Waals surface area contributed by atoms with E-state index in [0.29, 0.717) is 83.4 Å². The molecule has 0 fully saturated rings. The Kier molecular flexibility index (Phi) is 13.7. The topological polar surface area (TPSA) is 137 Å². The van der Waals surface area contributed by atoms with Crippen LogP contribution >= 0.6 is 0 Å². The predicted octanol–water partition coefficient (Wildman–Crippen LogP) is 5.12. The molecule has 0 saturated carbocycles. The molecule has 0 aliphatic carbocycles. The van der Waals surface area contributed by atoms with Crippen molar-refractivity contribution >= 4 is 23.4 Å². The summed E-state index contributed by atoms with van der Waals surface area (Å²) in [5.74, 6) is 0.809. The van der Waals surface area contributed by atoms with Crippen LogP contribution in [-0.4, -0.2) is 79.3 Å². The maximum absolute atomic E-state index is 13.8. The summed E-state index contributed by atoms with van der Waals surface area (Å²) in [4.78, 5) is 40.1. The van der Waals surface area contributed by atoms with Gasteiger partial charge >= 0.3 is 0 Å². The molecule has 3 amide bonds. The van der Waals surface area contributed by atoms with Gasteiger partial charge in [-0.15, -0.1) is 5.10 Å². The summed E-state index contributed by atoms with van der Waals surface area (Å²) in [5, 5.41) is 14.8. The lowest BCUT2D eigenvalue weighted by Crippen LogP contribution is -2.32. The highest BCUT2D eigenvalue weighted by Crippen LogP contribution is 2.41. The molecule has 270 valence electrons. The Morgan fingerprint density at radius 2 is 1.53 bits per heavy atom. The molecular formula is C39H48N6O6. The van der Waals surface area contributed by atoms with Gasteiger partial charge in [0.15, 0.2) is 6.61 Å². The molecule has 1 aromatic heterocycles. The quantitative estimate of drug-likeness (QED) is 0.137. The minimum Gasteiger partial charge on any atom is -0.484 e. The number of ether oxygens (including phenoxy) is 3. The average molecular weight is 697 g/mol. The van der Waals surface area contributed by atoms with Crippen molar-refractivity contribution in [1.82, 2.24) is 25.6 Å². The van der Waals surface area contributed by atoms with E-state index in [4.69, 9.17) is 14.2 Å². The van der Waals surface area contributed by atoms with Crippen LogP contribution in [0.15, 0.2) is 72.8 Å². The first-order valence-corrected chi connectivity index (χ1v) is 17.6. The Morgan fingerprint density at radius 3 is 2.31 bits per heavy atom. The Morgan fingerprint density at radius 1 is 0.824 bits per heavy atom. The van der Waals surface area contributed by atoms with E-state index < -0.39 is 0 Å². The summed E-state index contributed by atoms with van der Waals surface area (Å²) in [5.41, 5.74) is 6.28. The minimum absolute atomic E-state index is 0.0145. The number of para-hydroxylation sites is 1. The summed E-state index contributed by atoms with van der Waals surface area (Å²) in [6.07, 6.45) is 1.88. The smallest absolute Gasteiger partial charge is 0.258 e. The van der Waals surface area contributed by atoms with Crippen molar-refractivity contribution in [2.24, 2.45) is 0 Å². The van der Waals surface area contributed by atoms with Crippen LogP contribution in [0.5, 0.6) is 5.75 Å². The second-order valence-corrected chi connectivity index (χ2v) is 12.7. The van der Waals surface area contributed by atoms with Gasteiger partial charge in [0, 0.05) is 44.2 Å². The van der Waals surface area contributed by atoms with Crippen molar-refractivity contribution < 1.29 is 28.6 Å². The van der Waals surface area contributed by atoms with Crippen molar-refractivity contribution in [2.45, 2.75) is 58.5 Å². The van der Waals surface area contributed by atoms with Gasteiger partial charge < -0.3 is 29.7 Å². The van der Waals surface area contributed by atoms with E-state index in [-0.39, 0.29) is 24.3 Å². The van der Waals surface area contributed by atoms with Crippen LogP contribution in [0.1, 0.15) is 56.6 Å². The third-order valence-electron chi connectivity index (χ3n) is 8.69. The molecule has 0 saturated heterocycles. The fourth-order valence-corrected chi connectivity index (χ4v) is 5.94. The molecular weight excluding hydrogens is 648 g/mol. The zero-order chi connectivity index (χ0) is 36.0. The van der Waals surface area contributed by atoms with E-state index in [1.54, 1.807) is 7.11 Å². The molecule has 1 aliphatic rings. The summed E-state index contributed by atoms with van der Waals surface area (Å²) in [7, 11) is 1.59. The van der Waals surface area contributed by atoms with Gasteiger partial charge in [-0.3, -0.25) is 14.4 Å². The van der Waals surface area contributed by atoms with Crippen LogP contribution in [0.4, 0.5) is 5.69 Å². The maximum atomic E-state index is 13.8. The van der Waals surface area contributed by atoms with Crippen LogP contribution < -0.4 is 20.3 Å². The first-order valence-electron chi connectivity index (χ1n) is 17.6. The zero-order valence-electron chi connectivity index (χ0n) is 29.7. The number of hydrogen-bond donors (Lipinski definition) is 2. The summed E-state index contributed by atoms with van der Waals surface area (Å²) < 4.78 is 18.3. The second-order valence-electron chi connectivity index (χ2n) is 12.7. The van der Waals surface area contributed by atoms with Gasteiger partial charge in [-0.2, -0.15) is 0 Å². The predicted molar refractivity (Wildman–Crippen MR) is 195 cm³/mol. The number of carbonyl (C=O) groups excluding carboxylic acids is 3. The number of aromatic nitrogens is 3. The number of unbranched alkanes of at least 4 members (excludes halogenated alkanes) is 1. The molecule has 51 heavy (non-hydrogen) atoms. The van der Waals surface area contributed by atoms with Crippen LogP contribution in [0.25, 0.3) is 22.5 Å². The molecule has 0 unspecified atom stereocenters. The molecule has 12 nitrogen and oxygen atoms in total. The molecule has 0 spiro atoms. The molecule has 0 radical (unpaired) electrons. The number of benzene rings is 3. The van der Waals surface area contributed by atoms with Gasteiger partial charge in [-0.25, -0.2) is 4.68 Å². The molecule has 0 bridgehead atoms. The van der Waals surface area contributed by atoms with Gasteiger partial charge in [0.2, 0.25) is 11.8 Å². The molecule has 5 rings (SSSR count). The highest BCUT2D eigenvalue weighted by molar-refractivity contribution is 6.00. The molecule has 3 aromatic carbocycles. The monoisotopic (exact) mass is 696 g/mol. The van der Waals surface area contributed by atoms with E-state index in [1.807, 2.05) is 82.4 Å². The third kappa shape index (κ3) is 10.2. The van der Waals surface area contributed by atoms with Crippen LogP contribution in [-0.2, 0) is 36.9 Å². The van der Waals surface area contributed by atoms with E-state index in [9.17, 15) is 14.4 Å². The molecule has 0 atom stereocenters. The highest BCUT2D eigenvalue weighted by atomic mass is 16.5. The first kappa shape index (κ1) is 37.2. The molecule has 12 heteroatoms. The van der Waals surface area contributed by atoms with E-state index in [2.05, 4.69) is 34.8 Å². The van der Waals surface area contributed by atoms with Crippen LogP contribution in [0.3, 0.4) is 0 Å². The van der Waals surface area contributed by atoms with Gasteiger partial charge in [-0.1, -0.05) is 73.7 Å². The normalized spacial score (nSPS) is 12.0. The van der Waals surface area contributed by atoms with Crippen LogP contribution in [0.2, 0.25) is 0 Å².